The van der Waals surface area contributed by atoms with Gasteiger partial charge in [0.15, 0.2) is 0 Å². The van der Waals surface area contributed by atoms with Crippen molar-refractivity contribution >= 4 is 11.4 Å². The third kappa shape index (κ3) is 3.74. The summed E-state index contributed by atoms with van der Waals surface area (Å²) in [6.07, 6.45) is 3.36. The number of hydrogen-bond acceptors (Lipinski definition) is 4. The van der Waals surface area contributed by atoms with E-state index < -0.39 is 0 Å². The van der Waals surface area contributed by atoms with Crippen LogP contribution in [0.2, 0.25) is 0 Å². The zero-order valence-electron chi connectivity index (χ0n) is 12.8. The van der Waals surface area contributed by atoms with Crippen LogP contribution in [-0.4, -0.2) is 17.8 Å². The minimum atomic E-state index is 0.686. The van der Waals surface area contributed by atoms with Gasteiger partial charge in [-0.1, -0.05) is 60.7 Å². The van der Waals surface area contributed by atoms with Gasteiger partial charge < -0.3 is 4.74 Å². The molecule has 0 aliphatic heterocycles. The molecule has 1 aromatic heterocycles. The number of ether oxygens (including phenoxy) is 1. The molecule has 0 atom stereocenters. The van der Waals surface area contributed by atoms with Crippen LogP contribution in [0.15, 0.2) is 84.2 Å². The lowest BCUT2D eigenvalue weighted by molar-refractivity contribution is 0.413. The van der Waals surface area contributed by atoms with Crippen molar-refractivity contribution in [2.24, 2.45) is 5.10 Å². The van der Waals surface area contributed by atoms with Gasteiger partial charge in [0.1, 0.15) is 5.75 Å². The summed E-state index contributed by atoms with van der Waals surface area (Å²) in [5.41, 5.74) is 6.79. The Labute approximate surface area is 135 Å². The second-order valence-corrected chi connectivity index (χ2v) is 4.92. The summed E-state index contributed by atoms with van der Waals surface area (Å²) in [6.45, 7) is 0. The molecular weight excluding hydrogens is 286 g/mol. The second-order valence-electron chi connectivity index (χ2n) is 4.92. The molecule has 0 spiro atoms. The number of methoxy groups -OCH3 is 1. The van der Waals surface area contributed by atoms with Gasteiger partial charge >= 0.3 is 0 Å². The Morgan fingerprint density at radius 3 is 2.09 bits per heavy atom. The van der Waals surface area contributed by atoms with E-state index in [2.05, 4.69) is 15.5 Å². The van der Waals surface area contributed by atoms with Crippen LogP contribution in [0.25, 0.3) is 0 Å². The SMILES string of the molecule is COc1cncc(NN=C(c2ccccc2)c2ccccc2)c1. The highest BCUT2D eigenvalue weighted by molar-refractivity contribution is 6.13. The van der Waals surface area contributed by atoms with Crippen LogP contribution < -0.4 is 10.2 Å². The normalized spacial score (nSPS) is 9.96. The maximum Gasteiger partial charge on any atom is 0.139 e. The maximum absolute atomic E-state index is 5.18. The van der Waals surface area contributed by atoms with E-state index in [0.29, 0.717) is 5.75 Å². The molecule has 1 N–H and O–H groups in total. The Morgan fingerprint density at radius 2 is 1.52 bits per heavy atom. The van der Waals surface area contributed by atoms with Crippen molar-refractivity contribution < 1.29 is 4.74 Å². The molecule has 4 nitrogen and oxygen atoms in total. The average Bonchev–Trinajstić information content (AvgIpc) is 2.64. The topological polar surface area (TPSA) is 46.5 Å². The summed E-state index contributed by atoms with van der Waals surface area (Å²) in [5.74, 6) is 0.686. The van der Waals surface area contributed by atoms with Crippen LogP contribution in [0.3, 0.4) is 0 Å². The Bertz CT molecular complexity index is 744. The average molecular weight is 303 g/mol. The van der Waals surface area contributed by atoms with Gasteiger partial charge in [-0.15, -0.1) is 0 Å². The molecule has 2 aromatic carbocycles. The van der Waals surface area contributed by atoms with Crippen LogP contribution in [0.4, 0.5) is 5.69 Å². The molecule has 114 valence electrons. The van der Waals surface area contributed by atoms with E-state index >= 15 is 0 Å². The molecule has 23 heavy (non-hydrogen) atoms. The molecule has 3 rings (SSSR count). The Kier molecular flexibility index (Phi) is 4.64. The predicted octanol–water partition coefficient (Wildman–Crippen LogP) is 3.95. The zero-order chi connectivity index (χ0) is 15.9. The lowest BCUT2D eigenvalue weighted by Crippen LogP contribution is -2.06. The molecule has 0 radical (unpaired) electrons. The first-order chi connectivity index (χ1) is 11.4. The lowest BCUT2D eigenvalue weighted by atomic mass is 10.0. The van der Waals surface area contributed by atoms with Gasteiger partial charge in [-0.3, -0.25) is 10.4 Å². The number of nitrogens with one attached hydrogen (secondary N) is 1. The first-order valence-corrected chi connectivity index (χ1v) is 7.30. The highest BCUT2D eigenvalue weighted by Gasteiger charge is 2.06. The smallest absolute Gasteiger partial charge is 0.139 e. The summed E-state index contributed by atoms with van der Waals surface area (Å²) in [7, 11) is 1.61. The lowest BCUT2D eigenvalue weighted by Gasteiger charge is -2.09. The zero-order valence-corrected chi connectivity index (χ0v) is 12.8. The van der Waals surface area contributed by atoms with E-state index in [1.807, 2.05) is 66.7 Å². The third-order valence-corrected chi connectivity index (χ3v) is 3.34. The number of rotatable bonds is 5. The third-order valence-electron chi connectivity index (χ3n) is 3.34. The van der Waals surface area contributed by atoms with E-state index in [1.165, 1.54) is 0 Å². The number of nitrogens with zero attached hydrogens (tertiary/aromatic N) is 2. The fraction of sp³-hybridized carbons (Fsp3) is 0.0526. The molecule has 0 amide bonds. The van der Waals surface area contributed by atoms with E-state index in [4.69, 9.17) is 4.74 Å². The maximum atomic E-state index is 5.18. The number of pyridine rings is 1. The molecule has 3 aromatic rings. The monoisotopic (exact) mass is 303 g/mol. The second kappa shape index (κ2) is 7.22. The highest BCUT2D eigenvalue weighted by atomic mass is 16.5. The minimum Gasteiger partial charge on any atom is -0.495 e. The molecule has 0 bridgehead atoms. The van der Waals surface area contributed by atoms with Crippen LogP contribution in [0, 0.1) is 0 Å². The van der Waals surface area contributed by atoms with E-state index in [-0.39, 0.29) is 0 Å². The van der Waals surface area contributed by atoms with Crippen LogP contribution in [0.5, 0.6) is 5.75 Å². The largest absolute Gasteiger partial charge is 0.495 e. The quantitative estimate of drug-likeness (QED) is 0.573. The molecule has 0 fully saturated rings. The summed E-state index contributed by atoms with van der Waals surface area (Å²) in [5, 5.41) is 4.58. The molecule has 0 aliphatic carbocycles. The van der Waals surface area contributed by atoms with Gasteiger partial charge in [-0.25, -0.2) is 0 Å². The molecular formula is C19H17N3O. The summed E-state index contributed by atoms with van der Waals surface area (Å²) in [6, 6.07) is 22.0. The fourth-order valence-electron chi connectivity index (χ4n) is 2.20. The Balaban J connectivity index is 1.95. The fourth-order valence-corrected chi connectivity index (χ4v) is 2.20. The predicted molar refractivity (Wildman–Crippen MR) is 92.9 cm³/mol. The van der Waals surface area contributed by atoms with Crippen molar-refractivity contribution in [3.63, 3.8) is 0 Å². The highest BCUT2D eigenvalue weighted by Crippen LogP contribution is 2.16. The number of benzene rings is 2. The van der Waals surface area contributed by atoms with Crippen molar-refractivity contribution in [3.8, 4) is 5.75 Å². The summed E-state index contributed by atoms with van der Waals surface area (Å²) < 4.78 is 5.18. The molecule has 0 saturated heterocycles. The molecule has 1 heterocycles. The molecule has 0 aliphatic rings. The molecule has 0 saturated carbocycles. The van der Waals surface area contributed by atoms with Crippen molar-refractivity contribution in [2.45, 2.75) is 0 Å². The van der Waals surface area contributed by atoms with E-state index in [0.717, 1.165) is 22.5 Å². The standard InChI is InChI=1S/C19H17N3O/c1-23-18-12-17(13-20-14-18)21-22-19(15-8-4-2-5-9-15)16-10-6-3-7-11-16/h2-14,21H,1H3. The van der Waals surface area contributed by atoms with Crippen molar-refractivity contribution in [1.82, 2.24) is 4.98 Å². The van der Waals surface area contributed by atoms with Crippen LogP contribution in [-0.2, 0) is 0 Å². The summed E-state index contributed by atoms with van der Waals surface area (Å²) >= 11 is 0. The Hall–Kier alpha value is -3.14. The van der Waals surface area contributed by atoms with E-state index in [9.17, 15) is 0 Å². The van der Waals surface area contributed by atoms with Crippen molar-refractivity contribution in [1.29, 1.82) is 0 Å². The Morgan fingerprint density at radius 1 is 0.913 bits per heavy atom. The van der Waals surface area contributed by atoms with E-state index in [1.54, 1.807) is 19.5 Å². The number of anilines is 1. The van der Waals surface area contributed by atoms with Crippen molar-refractivity contribution in [3.05, 3.63) is 90.3 Å². The number of hydrogen-bond donors (Lipinski definition) is 1. The molecule has 4 heteroatoms. The van der Waals surface area contributed by atoms with Gasteiger partial charge in [0.05, 0.1) is 30.9 Å². The minimum absolute atomic E-state index is 0.686. The van der Waals surface area contributed by atoms with Gasteiger partial charge in [0, 0.05) is 17.2 Å². The number of hydrazone groups is 1. The summed E-state index contributed by atoms with van der Waals surface area (Å²) in [4.78, 5) is 4.12. The first-order valence-electron chi connectivity index (χ1n) is 7.30. The van der Waals surface area contributed by atoms with Crippen molar-refractivity contribution in [2.75, 3.05) is 12.5 Å². The van der Waals surface area contributed by atoms with Gasteiger partial charge in [0.2, 0.25) is 0 Å². The molecule has 0 unspecified atom stereocenters. The van der Waals surface area contributed by atoms with Gasteiger partial charge in [-0.05, 0) is 0 Å². The first kappa shape index (κ1) is 14.8. The van der Waals surface area contributed by atoms with Gasteiger partial charge in [0.25, 0.3) is 0 Å². The van der Waals surface area contributed by atoms with Crippen LogP contribution >= 0.6 is 0 Å². The van der Waals surface area contributed by atoms with Gasteiger partial charge in [-0.2, -0.15) is 5.10 Å². The number of aromatic nitrogens is 1. The van der Waals surface area contributed by atoms with Crippen LogP contribution in [0.1, 0.15) is 11.1 Å².